The topological polar surface area (TPSA) is 77.0 Å². The lowest BCUT2D eigenvalue weighted by atomic mass is 10.0. The van der Waals surface area contributed by atoms with Crippen LogP contribution in [0.3, 0.4) is 0 Å². The van der Waals surface area contributed by atoms with Crippen molar-refractivity contribution in [2.24, 2.45) is 0 Å². The largest absolute Gasteiger partial charge is 0.497 e. The third-order valence-corrected chi connectivity index (χ3v) is 3.85. The Morgan fingerprint density at radius 3 is 2.60 bits per heavy atom. The van der Waals surface area contributed by atoms with Gasteiger partial charge >= 0.3 is 5.97 Å². The standard InChI is InChI=1S/C19H23NO5/c1-23-17-8-7-14(15(10-17)11-18(21)24-2)12-20-16-6-4-5-13(9-16)19(22)25-3/h4-10,18,20-21H,11-12H2,1-3H3. The molecule has 2 rings (SSSR count). The van der Waals surface area contributed by atoms with E-state index in [4.69, 9.17) is 14.2 Å². The van der Waals surface area contributed by atoms with Crippen LogP contribution < -0.4 is 10.1 Å². The number of esters is 1. The highest BCUT2D eigenvalue weighted by atomic mass is 16.6. The van der Waals surface area contributed by atoms with Crippen LogP contribution in [0.15, 0.2) is 42.5 Å². The second-order valence-electron chi connectivity index (χ2n) is 5.46. The molecule has 1 atom stereocenters. The first-order valence-electron chi connectivity index (χ1n) is 7.86. The third-order valence-electron chi connectivity index (χ3n) is 3.85. The average Bonchev–Trinajstić information content (AvgIpc) is 2.66. The van der Waals surface area contributed by atoms with E-state index in [0.717, 1.165) is 22.6 Å². The molecule has 1 unspecified atom stereocenters. The van der Waals surface area contributed by atoms with Gasteiger partial charge in [-0.1, -0.05) is 12.1 Å². The lowest BCUT2D eigenvalue weighted by Gasteiger charge is -2.15. The minimum Gasteiger partial charge on any atom is -0.497 e. The molecule has 0 saturated heterocycles. The highest BCUT2D eigenvalue weighted by Gasteiger charge is 2.11. The van der Waals surface area contributed by atoms with Crippen LogP contribution >= 0.6 is 0 Å². The van der Waals surface area contributed by atoms with Crippen molar-refractivity contribution in [2.45, 2.75) is 19.3 Å². The Kier molecular flexibility index (Phi) is 6.80. The van der Waals surface area contributed by atoms with Gasteiger partial charge < -0.3 is 24.6 Å². The highest BCUT2D eigenvalue weighted by molar-refractivity contribution is 5.90. The van der Waals surface area contributed by atoms with E-state index in [0.29, 0.717) is 18.5 Å². The van der Waals surface area contributed by atoms with Crippen molar-refractivity contribution in [1.29, 1.82) is 0 Å². The Morgan fingerprint density at radius 2 is 1.92 bits per heavy atom. The quantitative estimate of drug-likeness (QED) is 0.566. The molecule has 0 radical (unpaired) electrons. The van der Waals surface area contributed by atoms with Gasteiger partial charge in [-0.05, 0) is 41.5 Å². The normalized spacial score (nSPS) is 11.7. The Balaban J connectivity index is 2.15. The molecule has 6 heteroatoms. The van der Waals surface area contributed by atoms with Crippen LogP contribution in [0.2, 0.25) is 0 Å². The monoisotopic (exact) mass is 345 g/mol. The summed E-state index contributed by atoms with van der Waals surface area (Å²) >= 11 is 0. The van der Waals surface area contributed by atoms with Crippen molar-refractivity contribution >= 4 is 11.7 Å². The molecule has 0 bridgehead atoms. The van der Waals surface area contributed by atoms with Crippen molar-refractivity contribution in [3.63, 3.8) is 0 Å². The minimum atomic E-state index is -0.881. The third kappa shape index (κ3) is 5.20. The molecule has 2 aromatic rings. The molecule has 0 heterocycles. The maximum atomic E-state index is 11.6. The summed E-state index contributed by atoms with van der Waals surface area (Å²) in [5, 5.41) is 13.1. The molecule has 6 nitrogen and oxygen atoms in total. The van der Waals surface area contributed by atoms with E-state index in [1.54, 1.807) is 25.3 Å². The molecule has 0 aliphatic heterocycles. The molecule has 0 spiro atoms. The van der Waals surface area contributed by atoms with Gasteiger partial charge in [0.25, 0.3) is 0 Å². The zero-order chi connectivity index (χ0) is 18.2. The predicted molar refractivity (Wildman–Crippen MR) is 94.8 cm³/mol. The number of aliphatic hydroxyl groups excluding tert-OH is 1. The molecule has 25 heavy (non-hydrogen) atoms. The first-order chi connectivity index (χ1) is 12.1. The maximum Gasteiger partial charge on any atom is 0.337 e. The number of aliphatic hydroxyl groups is 1. The number of benzene rings is 2. The summed E-state index contributed by atoms with van der Waals surface area (Å²) < 4.78 is 14.9. The number of methoxy groups -OCH3 is 3. The lowest BCUT2D eigenvalue weighted by molar-refractivity contribution is -0.0721. The van der Waals surface area contributed by atoms with E-state index in [9.17, 15) is 9.90 Å². The van der Waals surface area contributed by atoms with E-state index in [1.165, 1.54) is 14.2 Å². The molecule has 2 N–H and O–H groups in total. The number of nitrogens with one attached hydrogen (secondary N) is 1. The first kappa shape index (κ1) is 18.8. The fourth-order valence-corrected chi connectivity index (χ4v) is 2.43. The summed E-state index contributed by atoms with van der Waals surface area (Å²) in [6, 6.07) is 12.8. The van der Waals surface area contributed by atoms with Gasteiger partial charge in [-0.25, -0.2) is 4.79 Å². The summed E-state index contributed by atoms with van der Waals surface area (Å²) in [4.78, 5) is 11.6. The number of rotatable bonds is 8. The van der Waals surface area contributed by atoms with Crippen molar-refractivity contribution in [3.05, 3.63) is 59.2 Å². The van der Waals surface area contributed by atoms with Crippen LogP contribution in [0.4, 0.5) is 5.69 Å². The van der Waals surface area contributed by atoms with E-state index >= 15 is 0 Å². The molecular weight excluding hydrogens is 322 g/mol. The van der Waals surface area contributed by atoms with Crippen molar-refractivity contribution in [1.82, 2.24) is 0 Å². The summed E-state index contributed by atoms with van der Waals surface area (Å²) in [7, 11) is 4.41. The Morgan fingerprint density at radius 1 is 1.12 bits per heavy atom. The molecular formula is C19H23NO5. The number of ether oxygens (including phenoxy) is 3. The summed E-state index contributed by atoms with van der Waals surface area (Å²) in [5.41, 5.74) is 3.21. The Hall–Kier alpha value is -2.57. The van der Waals surface area contributed by atoms with Gasteiger partial charge in [0.15, 0.2) is 6.29 Å². The van der Waals surface area contributed by atoms with Crippen LogP contribution in [0.1, 0.15) is 21.5 Å². The fourth-order valence-electron chi connectivity index (χ4n) is 2.43. The molecule has 0 fully saturated rings. The van der Waals surface area contributed by atoms with E-state index < -0.39 is 6.29 Å². The summed E-state index contributed by atoms with van der Waals surface area (Å²) in [6.07, 6.45) is -0.527. The smallest absolute Gasteiger partial charge is 0.337 e. The predicted octanol–water partition coefficient (Wildman–Crippen LogP) is 2.60. The number of hydrogen-bond donors (Lipinski definition) is 2. The van der Waals surface area contributed by atoms with E-state index in [2.05, 4.69) is 5.32 Å². The molecule has 0 amide bonds. The second kappa shape index (κ2) is 9.05. The van der Waals surface area contributed by atoms with Gasteiger partial charge in [0.1, 0.15) is 5.75 Å². The second-order valence-corrected chi connectivity index (χ2v) is 5.46. The van der Waals surface area contributed by atoms with Crippen LogP contribution in [0.25, 0.3) is 0 Å². The van der Waals surface area contributed by atoms with Crippen molar-refractivity contribution in [2.75, 3.05) is 26.6 Å². The van der Waals surface area contributed by atoms with Crippen molar-refractivity contribution in [3.8, 4) is 5.75 Å². The Bertz CT molecular complexity index is 717. The molecule has 0 aromatic heterocycles. The summed E-state index contributed by atoms with van der Waals surface area (Å²) in [6.45, 7) is 0.528. The molecule has 0 saturated carbocycles. The van der Waals surface area contributed by atoms with Gasteiger partial charge in [0.05, 0.1) is 19.8 Å². The van der Waals surface area contributed by atoms with Crippen molar-refractivity contribution < 1.29 is 24.1 Å². The van der Waals surface area contributed by atoms with Crippen LogP contribution in [-0.4, -0.2) is 38.7 Å². The molecule has 0 aliphatic carbocycles. The SMILES string of the molecule is COC(=O)c1cccc(NCc2ccc(OC)cc2CC(O)OC)c1. The number of carbonyl (C=O) groups excluding carboxylic acids is 1. The zero-order valence-electron chi connectivity index (χ0n) is 14.6. The minimum absolute atomic E-state index is 0.354. The van der Waals surface area contributed by atoms with Gasteiger partial charge in [0.2, 0.25) is 0 Å². The van der Waals surface area contributed by atoms with Gasteiger partial charge in [-0.2, -0.15) is 0 Å². The van der Waals surface area contributed by atoms with E-state index in [-0.39, 0.29) is 5.97 Å². The van der Waals surface area contributed by atoms with Gasteiger partial charge in [-0.3, -0.25) is 0 Å². The fraction of sp³-hybridized carbons (Fsp3) is 0.316. The highest BCUT2D eigenvalue weighted by Crippen LogP contribution is 2.21. The number of anilines is 1. The van der Waals surface area contributed by atoms with Crippen LogP contribution in [-0.2, 0) is 22.4 Å². The Labute approximate surface area is 147 Å². The molecule has 134 valence electrons. The maximum absolute atomic E-state index is 11.6. The zero-order valence-corrected chi connectivity index (χ0v) is 14.6. The molecule has 0 aliphatic rings. The number of carbonyl (C=O) groups is 1. The number of hydrogen-bond acceptors (Lipinski definition) is 6. The van der Waals surface area contributed by atoms with Crippen LogP contribution in [0.5, 0.6) is 5.75 Å². The van der Waals surface area contributed by atoms with Crippen LogP contribution in [0, 0.1) is 0 Å². The van der Waals surface area contributed by atoms with E-state index in [1.807, 2.05) is 24.3 Å². The molecule has 2 aromatic carbocycles. The van der Waals surface area contributed by atoms with Gasteiger partial charge in [0, 0.05) is 25.8 Å². The van der Waals surface area contributed by atoms with Gasteiger partial charge in [-0.15, -0.1) is 0 Å². The summed E-state index contributed by atoms with van der Waals surface area (Å²) in [5.74, 6) is 0.340. The first-order valence-corrected chi connectivity index (χ1v) is 7.86. The lowest BCUT2D eigenvalue weighted by Crippen LogP contribution is -2.15. The average molecular weight is 345 g/mol.